The fourth-order valence-electron chi connectivity index (χ4n) is 3.48. The molecule has 2 N–H and O–H groups in total. The summed E-state index contributed by atoms with van der Waals surface area (Å²) in [6.07, 6.45) is 0.793. The Kier molecular flexibility index (Phi) is 8.86. The molecule has 3 rings (SSSR count). The Labute approximate surface area is 199 Å². The molecule has 0 atom stereocenters. The zero-order chi connectivity index (χ0) is 24.5. The summed E-state index contributed by atoms with van der Waals surface area (Å²) in [4.78, 5) is 29.5. The molecule has 34 heavy (non-hydrogen) atoms. The lowest BCUT2D eigenvalue weighted by molar-refractivity contribution is -0.123. The molecule has 0 bridgehead atoms. The van der Waals surface area contributed by atoms with Crippen LogP contribution in [0.5, 0.6) is 11.5 Å². The maximum Gasteiger partial charge on any atom is 0.258 e. The molecule has 0 fully saturated rings. The minimum Gasteiger partial charge on any atom is -0.493 e. The summed E-state index contributed by atoms with van der Waals surface area (Å²) >= 11 is 0. The number of rotatable bonds is 12. The molecule has 0 aliphatic heterocycles. The molecular formula is C25H32N4O5. The molecule has 1 heterocycles. The number of benzene rings is 2. The summed E-state index contributed by atoms with van der Waals surface area (Å²) in [6.45, 7) is 7.51. The van der Waals surface area contributed by atoms with Crippen LogP contribution in [-0.2, 0) is 16.1 Å². The average molecular weight is 469 g/mol. The van der Waals surface area contributed by atoms with E-state index >= 15 is 0 Å². The zero-order valence-corrected chi connectivity index (χ0v) is 20.1. The number of hydrogen-bond donors (Lipinski definition) is 2. The van der Waals surface area contributed by atoms with Crippen LogP contribution in [0.2, 0.25) is 0 Å². The Hall–Kier alpha value is -3.59. The van der Waals surface area contributed by atoms with Gasteiger partial charge in [0.2, 0.25) is 5.95 Å². The van der Waals surface area contributed by atoms with Gasteiger partial charge in [0, 0.05) is 31.4 Å². The Morgan fingerprint density at radius 3 is 2.65 bits per heavy atom. The lowest BCUT2D eigenvalue weighted by Crippen LogP contribution is -2.34. The van der Waals surface area contributed by atoms with Crippen LogP contribution in [0.4, 0.5) is 5.95 Å². The third kappa shape index (κ3) is 6.48. The van der Waals surface area contributed by atoms with Crippen molar-refractivity contribution in [1.29, 1.82) is 0 Å². The number of imidazole rings is 1. The van der Waals surface area contributed by atoms with Gasteiger partial charge < -0.3 is 24.1 Å². The van der Waals surface area contributed by atoms with E-state index in [9.17, 15) is 9.59 Å². The highest BCUT2D eigenvalue weighted by molar-refractivity contribution is 6.04. The minimum atomic E-state index is -0.330. The molecule has 3 aromatic rings. The van der Waals surface area contributed by atoms with Crippen LogP contribution < -0.4 is 20.1 Å². The van der Waals surface area contributed by atoms with Crippen molar-refractivity contribution in [3.63, 3.8) is 0 Å². The third-order valence-electron chi connectivity index (χ3n) is 4.99. The molecule has 0 aliphatic carbocycles. The van der Waals surface area contributed by atoms with E-state index in [-0.39, 0.29) is 24.5 Å². The number of fused-ring (bicyclic) bond motifs is 1. The first-order valence-electron chi connectivity index (χ1n) is 11.4. The predicted molar refractivity (Wildman–Crippen MR) is 131 cm³/mol. The second kappa shape index (κ2) is 12.0. The summed E-state index contributed by atoms with van der Waals surface area (Å²) in [5.74, 6) is 0.634. The van der Waals surface area contributed by atoms with Crippen LogP contribution in [0.25, 0.3) is 11.0 Å². The van der Waals surface area contributed by atoms with Crippen molar-refractivity contribution >= 4 is 28.8 Å². The largest absolute Gasteiger partial charge is 0.493 e. The van der Waals surface area contributed by atoms with Gasteiger partial charge in [-0.3, -0.25) is 14.9 Å². The van der Waals surface area contributed by atoms with Crippen LogP contribution in [0.3, 0.4) is 0 Å². The maximum absolute atomic E-state index is 13.0. The minimum absolute atomic E-state index is 0.0208. The Balaban J connectivity index is 1.75. The highest BCUT2D eigenvalue weighted by Gasteiger charge is 2.17. The number of nitrogens with one attached hydrogen (secondary N) is 2. The molecule has 2 aromatic carbocycles. The Morgan fingerprint density at radius 1 is 1.12 bits per heavy atom. The molecule has 1 aromatic heterocycles. The second-order valence-corrected chi connectivity index (χ2v) is 7.96. The van der Waals surface area contributed by atoms with Gasteiger partial charge in [-0.05, 0) is 57.5 Å². The number of amides is 2. The lowest BCUT2D eigenvalue weighted by Gasteiger charge is -2.14. The SMILES string of the molecule is CCOCCCn1c(NC(=O)c2ccc(OCC(=O)NC(C)C)c(OC)c2)nc2ccccc21. The normalized spacial score (nSPS) is 11.0. The first kappa shape index (κ1) is 25.0. The van der Waals surface area contributed by atoms with Crippen molar-refractivity contribution in [2.75, 3.05) is 32.2 Å². The number of anilines is 1. The smallest absolute Gasteiger partial charge is 0.258 e. The number of carbonyl (C=O) groups is 2. The summed E-state index contributed by atoms with van der Waals surface area (Å²) in [5.41, 5.74) is 2.12. The number of carbonyl (C=O) groups excluding carboxylic acids is 2. The summed E-state index contributed by atoms with van der Waals surface area (Å²) in [7, 11) is 1.48. The van der Waals surface area contributed by atoms with Gasteiger partial charge in [0.15, 0.2) is 18.1 Å². The second-order valence-electron chi connectivity index (χ2n) is 7.96. The van der Waals surface area contributed by atoms with Crippen LogP contribution in [0.15, 0.2) is 42.5 Å². The number of hydrogen-bond acceptors (Lipinski definition) is 6. The van der Waals surface area contributed by atoms with Gasteiger partial charge in [-0.25, -0.2) is 4.98 Å². The van der Waals surface area contributed by atoms with Crippen LogP contribution in [0.1, 0.15) is 37.6 Å². The van der Waals surface area contributed by atoms with E-state index in [1.807, 2.05) is 49.6 Å². The van der Waals surface area contributed by atoms with Crippen molar-refractivity contribution < 1.29 is 23.8 Å². The first-order valence-corrected chi connectivity index (χ1v) is 11.4. The van der Waals surface area contributed by atoms with Crippen LogP contribution >= 0.6 is 0 Å². The van der Waals surface area contributed by atoms with Crippen molar-refractivity contribution in [2.45, 2.75) is 39.8 Å². The highest BCUT2D eigenvalue weighted by atomic mass is 16.5. The Morgan fingerprint density at radius 2 is 1.91 bits per heavy atom. The number of aryl methyl sites for hydroxylation is 1. The number of nitrogens with zero attached hydrogens (tertiary/aromatic N) is 2. The molecule has 9 heteroatoms. The van der Waals surface area contributed by atoms with Crippen LogP contribution in [0, 0.1) is 0 Å². The van der Waals surface area contributed by atoms with E-state index in [0.717, 1.165) is 17.5 Å². The quantitative estimate of drug-likeness (QED) is 0.394. The van der Waals surface area contributed by atoms with E-state index in [0.29, 0.717) is 42.8 Å². The van der Waals surface area contributed by atoms with Crippen LogP contribution in [-0.4, -0.2) is 54.3 Å². The fourth-order valence-corrected chi connectivity index (χ4v) is 3.48. The predicted octanol–water partition coefficient (Wildman–Crippen LogP) is 3.63. The van der Waals surface area contributed by atoms with Crippen molar-refractivity contribution in [3.8, 4) is 11.5 Å². The molecule has 182 valence electrons. The van der Waals surface area contributed by atoms with Gasteiger partial charge in [0.25, 0.3) is 11.8 Å². The molecule has 2 amide bonds. The van der Waals surface area contributed by atoms with Gasteiger partial charge in [-0.15, -0.1) is 0 Å². The molecule has 0 saturated heterocycles. The highest BCUT2D eigenvalue weighted by Crippen LogP contribution is 2.29. The molecule has 0 spiro atoms. The molecule has 0 aliphatic rings. The number of methoxy groups -OCH3 is 1. The van der Waals surface area contributed by atoms with Crippen molar-refractivity contribution in [3.05, 3.63) is 48.0 Å². The number of para-hydroxylation sites is 2. The first-order chi connectivity index (χ1) is 16.4. The van der Waals surface area contributed by atoms with Gasteiger partial charge in [-0.2, -0.15) is 0 Å². The van der Waals surface area contributed by atoms with E-state index < -0.39 is 0 Å². The molecule has 0 unspecified atom stereocenters. The summed E-state index contributed by atoms with van der Waals surface area (Å²) in [5, 5.41) is 5.67. The monoisotopic (exact) mass is 468 g/mol. The molecule has 9 nitrogen and oxygen atoms in total. The maximum atomic E-state index is 13.0. The summed E-state index contributed by atoms with van der Waals surface area (Å²) < 4.78 is 18.4. The van der Waals surface area contributed by atoms with Gasteiger partial charge in [0.1, 0.15) is 0 Å². The van der Waals surface area contributed by atoms with Crippen molar-refractivity contribution in [1.82, 2.24) is 14.9 Å². The molecule has 0 radical (unpaired) electrons. The van der Waals surface area contributed by atoms with E-state index in [4.69, 9.17) is 14.2 Å². The van der Waals surface area contributed by atoms with E-state index in [1.165, 1.54) is 7.11 Å². The molecular weight excluding hydrogens is 436 g/mol. The van der Waals surface area contributed by atoms with Gasteiger partial charge in [0.05, 0.1) is 18.1 Å². The fraction of sp³-hybridized carbons (Fsp3) is 0.400. The summed E-state index contributed by atoms with van der Waals surface area (Å²) in [6, 6.07) is 12.6. The Bertz CT molecular complexity index is 1130. The van der Waals surface area contributed by atoms with Gasteiger partial charge in [-0.1, -0.05) is 12.1 Å². The standard InChI is InChI=1S/C25H32N4O5/c1-5-33-14-8-13-29-20-10-7-6-9-19(20)27-25(29)28-24(31)18-11-12-21(22(15-18)32-4)34-16-23(30)26-17(2)3/h6-7,9-12,15,17H,5,8,13-14,16H2,1-4H3,(H,26,30)(H,27,28,31). The lowest BCUT2D eigenvalue weighted by atomic mass is 10.2. The van der Waals surface area contributed by atoms with Gasteiger partial charge >= 0.3 is 0 Å². The number of aromatic nitrogens is 2. The average Bonchev–Trinajstić information content (AvgIpc) is 3.16. The third-order valence-corrected chi connectivity index (χ3v) is 4.99. The zero-order valence-electron chi connectivity index (χ0n) is 20.1. The topological polar surface area (TPSA) is 104 Å². The number of ether oxygens (including phenoxy) is 3. The van der Waals surface area contributed by atoms with Crippen molar-refractivity contribution in [2.24, 2.45) is 0 Å². The van der Waals surface area contributed by atoms with E-state index in [2.05, 4.69) is 15.6 Å². The van der Waals surface area contributed by atoms with E-state index in [1.54, 1.807) is 18.2 Å². The molecule has 0 saturated carbocycles.